The minimum atomic E-state index is -3.82. The van der Waals surface area contributed by atoms with Gasteiger partial charge in [-0.05, 0) is 68.1 Å². The number of likely N-dealkylation sites (N-methyl/N-ethyl adjacent to an activating group) is 1. The van der Waals surface area contributed by atoms with Gasteiger partial charge in [0.2, 0.25) is 5.56 Å². The predicted molar refractivity (Wildman–Crippen MR) is 151 cm³/mol. The molecule has 1 saturated heterocycles. The van der Waals surface area contributed by atoms with Crippen molar-refractivity contribution in [3.63, 3.8) is 0 Å². The van der Waals surface area contributed by atoms with Crippen molar-refractivity contribution >= 4 is 43.9 Å². The number of hydrogen-bond acceptors (Lipinski definition) is 6. The molecule has 0 spiro atoms. The van der Waals surface area contributed by atoms with Crippen LogP contribution in [0.5, 0.6) is 0 Å². The Balaban J connectivity index is 1.49. The van der Waals surface area contributed by atoms with E-state index in [1.807, 2.05) is 13.0 Å². The highest BCUT2D eigenvalue weighted by Crippen LogP contribution is 2.28. The van der Waals surface area contributed by atoms with E-state index in [0.717, 1.165) is 42.8 Å². The van der Waals surface area contributed by atoms with Crippen LogP contribution in [0.3, 0.4) is 0 Å². The van der Waals surface area contributed by atoms with Crippen molar-refractivity contribution < 1.29 is 13.2 Å². The summed E-state index contributed by atoms with van der Waals surface area (Å²) in [5.41, 5.74) is 3.26. The Morgan fingerprint density at radius 1 is 0.895 bits per heavy atom. The summed E-state index contributed by atoms with van der Waals surface area (Å²) in [5, 5.41) is 3.78. The lowest BCUT2D eigenvalue weighted by atomic mass is 10.1. The third-order valence-corrected chi connectivity index (χ3v) is 8.10. The number of aromatic nitrogens is 1. The number of piperazine rings is 1. The van der Waals surface area contributed by atoms with Gasteiger partial charge in [-0.25, -0.2) is 8.42 Å². The molecule has 38 heavy (non-hydrogen) atoms. The third kappa shape index (κ3) is 5.41. The van der Waals surface area contributed by atoms with Crippen molar-refractivity contribution in [1.82, 2.24) is 9.88 Å². The van der Waals surface area contributed by atoms with E-state index >= 15 is 0 Å². The number of aryl methyl sites for hydroxylation is 1. The molecular weight excluding hydrogens is 502 g/mol. The van der Waals surface area contributed by atoms with Crippen LogP contribution in [-0.4, -0.2) is 57.4 Å². The second kappa shape index (κ2) is 10.3. The number of anilines is 3. The molecule has 9 nitrogen and oxygen atoms in total. The summed E-state index contributed by atoms with van der Waals surface area (Å²) in [6.45, 7) is 5.04. The Morgan fingerprint density at radius 3 is 2.34 bits per heavy atom. The van der Waals surface area contributed by atoms with E-state index in [4.69, 9.17) is 0 Å². The molecule has 1 fully saturated rings. The highest BCUT2D eigenvalue weighted by molar-refractivity contribution is 7.92. The molecular formula is C28H29N5O4S. The normalized spacial score (nSPS) is 14.4. The number of aromatic amines is 1. The molecule has 1 amide bonds. The number of rotatable bonds is 6. The fourth-order valence-corrected chi connectivity index (χ4v) is 5.69. The molecule has 2 heterocycles. The second-order valence-corrected chi connectivity index (χ2v) is 11.2. The maximum absolute atomic E-state index is 13.6. The number of hydrogen-bond donors (Lipinski definition) is 3. The lowest BCUT2D eigenvalue weighted by Gasteiger charge is -2.35. The van der Waals surface area contributed by atoms with Crippen LogP contribution in [0.25, 0.3) is 10.9 Å². The number of pyridine rings is 1. The van der Waals surface area contributed by atoms with Gasteiger partial charge in [-0.3, -0.25) is 14.3 Å². The van der Waals surface area contributed by atoms with Gasteiger partial charge in [0.15, 0.2) is 0 Å². The first-order chi connectivity index (χ1) is 18.2. The fourth-order valence-electron chi connectivity index (χ4n) is 4.62. The van der Waals surface area contributed by atoms with E-state index in [0.29, 0.717) is 22.5 Å². The number of nitrogens with zero attached hydrogens (tertiary/aromatic N) is 2. The number of H-pyrrole nitrogens is 1. The molecule has 1 aromatic heterocycles. The van der Waals surface area contributed by atoms with Gasteiger partial charge in [-0.1, -0.05) is 18.2 Å². The molecule has 196 valence electrons. The van der Waals surface area contributed by atoms with E-state index < -0.39 is 10.0 Å². The van der Waals surface area contributed by atoms with Crippen LogP contribution in [0, 0.1) is 6.92 Å². The van der Waals surface area contributed by atoms with Gasteiger partial charge < -0.3 is 20.1 Å². The first-order valence-electron chi connectivity index (χ1n) is 12.3. The van der Waals surface area contributed by atoms with Crippen molar-refractivity contribution in [3.8, 4) is 0 Å². The summed E-state index contributed by atoms with van der Waals surface area (Å²) in [4.78, 5) is 32.7. The maximum Gasteiger partial charge on any atom is 0.261 e. The Hall–Kier alpha value is -4.15. The van der Waals surface area contributed by atoms with E-state index in [1.165, 1.54) is 18.2 Å². The average molecular weight is 532 g/mol. The van der Waals surface area contributed by atoms with E-state index in [-0.39, 0.29) is 16.4 Å². The number of nitrogens with one attached hydrogen (secondary N) is 3. The minimum absolute atomic E-state index is 0.138. The number of benzene rings is 3. The highest BCUT2D eigenvalue weighted by atomic mass is 32.2. The number of carbonyl (C=O) groups excluding carboxylic acids is 1. The third-order valence-electron chi connectivity index (χ3n) is 6.70. The maximum atomic E-state index is 13.6. The molecule has 1 aliphatic heterocycles. The van der Waals surface area contributed by atoms with Crippen molar-refractivity contribution in [2.75, 3.05) is 48.2 Å². The molecule has 0 bridgehead atoms. The summed E-state index contributed by atoms with van der Waals surface area (Å²) >= 11 is 0. The lowest BCUT2D eigenvalue weighted by Crippen LogP contribution is -2.45. The number of amides is 1. The monoisotopic (exact) mass is 531 g/mol. The first kappa shape index (κ1) is 25.5. The quantitative estimate of drug-likeness (QED) is 0.350. The summed E-state index contributed by atoms with van der Waals surface area (Å²) in [5.74, 6) is -0.360. The van der Waals surface area contributed by atoms with Crippen LogP contribution in [0.15, 0.2) is 82.5 Å². The molecule has 0 saturated carbocycles. The molecule has 5 rings (SSSR count). The molecule has 0 aliphatic carbocycles. The van der Waals surface area contributed by atoms with Crippen LogP contribution in [-0.2, 0) is 10.0 Å². The Kier molecular flexibility index (Phi) is 6.92. The molecule has 3 N–H and O–H groups in total. The zero-order valence-electron chi connectivity index (χ0n) is 21.2. The standard InChI is InChI=1S/C28H29N5O4S/c1-19-16-27(34)30-25-10-8-20(17-23(19)25)29-28(35)24-18-21(31-38(36,37)22-6-4-3-5-7-22)9-11-26(24)33-14-12-32(2)13-15-33/h3-11,16-18,31H,12-15H2,1-2H3,(H,29,35)(H,30,34). The number of sulfonamides is 1. The molecule has 3 aromatic carbocycles. The van der Waals surface area contributed by atoms with Crippen molar-refractivity contribution in [3.05, 3.63) is 94.3 Å². The molecule has 0 radical (unpaired) electrons. The lowest BCUT2D eigenvalue weighted by molar-refractivity contribution is 0.102. The summed E-state index contributed by atoms with van der Waals surface area (Å²) in [7, 11) is -1.77. The van der Waals surface area contributed by atoms with Crippen LogP contribution in [0.1, 0.15) is 15.9 Å². The van der Waals surface area contributed by atoms with Crippen molar-refractivity contribution in [1.29, 1.82) is 0 Å². The fraction of sp³-hybridized carbons (Fsp3) is 0.214. The van der Waals surface area contributed by atoms with Gasteiger partial charge in [0.25, 0.3) is 15.9 Å². The Bertz CT molecular complexity index is 1660. The van der Waals surface area contributed by atoms with Gasteiger partial charge in [-0.2, -0.15) is 0 Å². The van der Waals surface area contributed by atoms with Crippen molar-refractivity contribution in [2.24, 2.45) is 0 Å². The summed E-state index contributed by atoms with van der Waals surface area (Å²) in [6, 6.07) is 20.0. The first-order valence-corrected chi connectivity index (χ1v) is 13.8. The Labute approximate surface area is 221 Å². The summed E-state index contributed by atoms with van der Waals surface area (Å²) < 4.78 is 28.4. The minimum Gasteiger partial charge on any atom is -0.368 e. The van der Waals surface area contributed by atoms with Crippen LogP contribution in [0.2, 0.25) is 0 Å². The van der Waals surface area contributed by atoms with Gasteiger partial charge in [-0.15, -0.1) is 0 Å². The molecule has 4 aromatic rings. The zero-order chi connectivity index (χ0) is 26.9. The van der Waals surface area contributed by atoms with Gasteiger partial charge in [0.05, 0.1) is 10.5 Å². The van der Waals surface area contributed by atoms with E-state index in [1.54, 1.807) is 48.5 Å². The van der Waals surface area contributed by atoms with Gasteiger partial charge >= 0.3 is 0 Å². The zero-order valence-corrected chi connectivity index (χ0v) is 22.0. The predicted octanol–water partition coefficient (Wildman–Crippen LogP) is 3.64. The van der Waals surface area contributed by atoms with Crippen molar-refractivity contribution in [2.45, 2.75) is 11.8 Å². The molecule has 10 heteroatoms. The summed E-state index contributed by atoms with van der Waals surface area (Å²) in [6.07, 6.45) is 0. The number of carbonyl (C=O) groups is 1. The number of fused-ring (bicyclic) bond motifs is 1. The topological polar surface area (TPSA) is 115 Å². The second-order valence-electron chi connectivity index (χ2n) is 9.47. The smallest absolute Gasteiger partial charge is 0.261 e. The van der Waals surface area contributed by atoms with Crippen LogP contribution in [0.4, 0.5) is 17.1 Å². The highest BCUT2D eigenvalue weighted by Gasteiger charge is 2.22. The van der Waals surface area contributed by atoms with E-state index in [9.17, 15) is 18.0 Å². The average Bonchev–Trinajstić information content (AvgIpc) is 2.90. The molecule has 0 atom stereocenters. The SMILES string of the molecule is Cc1cc(=O)[nH]c2ccc(NC(=O)c3cc(NS(=O)(=O)c4ccccc4)ccc3N3CCN(C)CC3)cc12. The molecule has 1 aliphatic rings. The van der Waals surface area contributed by atoms with Gasteiger partial charge in [0, 0.05) is 60.2 Å². The van der Waals surface area contributed by atoms with Gasteiger partial charge in [0.1, 0.15) is 0 Å². The van der Waals surface area contributed by atoms with E-state index in [2.05, 4.69) is 31.9 Å². The molecule has 0 unspecified atom stereocenters. The van der Waals surface area contributed by atoms with Crippen LogP contribution < -0.4 is 20.5 Å². The largest absolute Gasteiger partial charge is 0.368 e. The van der Waals surface area contributed by atoms with Crippen LogP contribution >= 0.6 is 0 Å². The Morgan fingerprint density at radius 2 is 1.61 bits per heavy atom.